The molecule has 144 valence electrons. The molecule has 27 heavy (non-hydrogen) atoms. The van der Waals surface area contributed by atoms with Crippen LogP contribution in [0.5, 0.6) is 0 Å². The van der Waals surface area contributed by atoms with Crippen molar-refractivity contribution in [1.29, 1.82) is 0 Å². The molecule has 0 spiro atoms. The number of carbonyl (C=O) groups is 2. The molecule has 4 bridgehead atoms. The van der Waals surface area contributed by atoms with E-state index in [1.807, 2.05) is 30.3 Å². The first-order chi connectivity index (χ1) is 13.1. The third-order valence-corrected chi connectivity index (χ3v) is 7.17. The Morgan fingerprint density at radius 2 is 1.52 bits per heavy atom. The van der Waals surface area contributed by atoms with Crippen molar-refractivity contribution in [2.24, 2.45) is 23.2 Å². The highest BCUT2D eigenvalue weighted by molar-refractivity contribution is 5.86. The van der Waals surface area contributed by atoms with E-state index in [0.717, 1.165) is 55.4 Å². The Kier molecular flexibility index (Phi) is 4.23. The Bertz CT molecular complexity index is 693. The normalized spacial score (nSPS) is 34.9. The zero-order chi connectivity index (χ0) is 18.4. The molecule has 1 aromatic rings. The van der Waals surface area contributed by atoms with E-state index < -0.39 is 6.04 Å². The lowest BCUT2D eigenvalue weighted by atomic mass is 9.49. The molecule has 2 amide bonds. The van der Waals surface area contributed by atoms with Crippen LogP contribution in [0.4, 0.5) is 0 Å². The van der Waals surface area contributed by atoms with Crippen LogP contribution in [0.25, 0.3) is 0 Å². The number of rotatable bonds is 6. The molecule has 5 aliphatic carbocycles. The molecule has 5 aliphatic rings. The lowest BCUT2D eigenvalue weighted by Gasteiger charge is -2.55. The van der Waals surface area contributed by atoms with Crippen molar-refractivity contribution in [3.63, 3.8) is 0 Å². The molecule has 0 radical (unpaired) electrons. The van der Waals surface area contributed by atoms with Gasteiger partial charge in [-0.15, -0.1) is 0 Å². The van der Waals surface area contributed by atoms with Crippen LogP contribution in [0.2, 0.25) is 0 Å². The van der Waals surface area contributed by atoms with Gasteiger partial charge in [-0.25, -0.2) is 5.43 Å². The van der Waals surface area contributed by atoms with Crippen molar-refractivity contribution in [2.75, 3.05) is 0 Å². The zero-order valence-electron chi connectivity index (χ0n) is 15.7. The van der Waals surface area contributed by atoms with E-state index in [9.17, 15) is 9.59 Å². The summed E-state index contributed by atoms with van der Waals surface area (Å²) < 4.78 is 0. The highest BCUT2D eigenvalue weighted by Gasteiger charge is 2.54. The Morgan fingerprint density at radius 3 is 2.07 bits per heavy atom. The van der Waals surface area contributed by atoms with Gasteiger partial charge in [-0.1, -0.05) is 30.3 Å². The molecule has 1 atom stereocenters. The van der Waals surface area contributed by atoms with Crippen molar-refractivity contribution < 1.29 is 9.59 Å². The van der Waals surface area contributed by atoms with Gasteiger partial charge in [0.2, 0.25) is 11.8 Å². The number of benzene rings is 1. The molecule has 3 N–H and O–H groups in total. The van der Waals surface area contributed by atoms with E-state index in [1.54, 1.807) is 0 Å². The van der Waals surface area contributed by atoms with Gasteiger partial charge in [-0.05, 0) is 74.7 Å². The first kappa shape index (κ1) is 17.2. The minimum Gasteiger partial charge on any atom is -0.352 e. The van der Waals surface area contributed by atoms with Gasteiger partial charge in [0.1, 0.15) is 6.04 Å². The van der Waals surface area contributed by atoms with Crippen LogP contribution in [0.3, 0.4) is 0 Å². The number of amides is 2. The predicted octanol–water partition coefficient (Wildman–Crippen LogP) is 2.84. The van der Waals surface area contributed by atoms with Gasteiger partial charge >= 0.3 is 0 Å². The molecule has 0 aromatic heterocycles. The van der Waals surface area contributed by atoms with Gasteiger partial charge in [0.15, 0.2) is 0 Å². The third-order valence-electron chi connectivity index (χ3n) is 7.17. The van der Waals surface area contributed by atoms with E-state index in [2.05, 4.69) is 16.2 Å². The molecule has 5 nitrogen and oxygen atoms in total. The number of hydrogen-bond acceptors (Lipinski definition) is 3. The van der Waals surface area contributed by atoms with Crippen molar-refractivity contribution in [3.05, 3.63) is 35.9 Å². The summed E-state index contributed by atoms with van der Waals surface area (Å²) >= 11 is 0. The van der Waals surface area contributed by atoms with Crippen LogP contribution in [0.1, 0.15) is 63.0 Å². The lowest BCUT2D eigenvalue weighted by molar-refractivity contribution is -0.147. The number of carbonyl (C=O) groups excluding carboxylic acids is 2. The minimum absolute atomic E-state index is 0.0606. The van der Waals surface area contributed by atoms with Crippen molar-refractivity contribution >= 4 is 11.8 Å². The van der Waals surface area contributed by atoms with Crippen LogP contribution in [-0.2, 0) is 9.59 Å². The second-order valence-corrected chi connectivity index (χ2v) is 9.42. The second kappa shape index (κ2) is 6.62. The summed E-state index contributed by atoms with van der Waals surface area (Å²) in [6.07, 6.45) is 9.12. The number of nitrogens with one attached hydrogen (secondary N) is 3. The average Bonchev–Trinajstić information content (AvgIpc) is 3.45. The van der Waals surface area contributed by atoms with Gasteiger partial charge < -0.3 is 5.32 Å². The van der Waals surface area contributed by atoms with Gasteiger partial charge in [0.05, 0.1) is 5.41 Å². The summed E-state index contributed by atoms with van der Waals surface area (Å²) in [5.41, 5.74) is 6.71. The first-order valence-electron chi connectivity index (χ1n) is 10.5. The summed E-state index contributed by atoms with van der Waals surface area (Å²) in [6.45, 7) is 0. The van der Waals surface area contributed by atoms with Crippen LogP contribution >= 0.6 is 0 Å². The van der Waals surface area contributed by atoms with Crippen molar-refractivity contribution in [1.82, 2.24) is 16.2 Å². The van der Waals surface area contributed by atoms with Crippen molar-refractivity contribution in [3.8, 4) is 0 Å². The monoisotopic (exact) mass is 367 g/mol. The lowest BCUT2D eigenvalue weighted by Crippen LogP contribution is -2.57. The molecule has 0 unspecified atom stereocenters. The number of hydrazine groups is 1. The molecule has 1 aromatic carbocycles. The SMILES string of the molecule is O=C(NC1CC1)[C@@H](NNC(=O)C12CC3CC(CC(C3)C1)C2)c1ccccc1. The van der Waals surface area contributed by atoms with Gasteiger partial charge in [0, 0.05) is 6.04 Å². The maximum absolute atomic E-state index is 13.2. The van der Waals surface area contributed by atoms with E-state index in [1.165, 1.54) is 19.3 Å². The quantitative estimate of drug-likeness (QED) is 0.677. The van der Waals surface area contributed by atoms with E-state index >= 15 is 0 Å². The first-order valence-corrected chi connectivity index (χ1v) is 10.5. The molecule has 5 heteroatoms. The Balaban J connectivity index is 1.29. The summed E-state index contributed by atoms with van der Waals surface area (Å²) in [5, 5.41) is 3.06. The highest BCUT2D eigenvalue weighted by Crippen LogP contribution is 2.60. The van der Waals surface area contributed by atoms with Gasteiger partial charge in [-0.3, -0.25) is 15.0 Å². The Morgan fingerprint density at radius 1 is 0.926 bits per heavy atom. The maximum Gasteiger partial charge on any atom is 0.243 e. The summed E-state index contributed by atoms with van der Waals surface area (Å²) in [5.74, 6) is 2.22. The molecular formula is C22H29N3O2. The highest BCUT2D eigenvalue weighted by atomic mass is 16.2. The van der Waals surface area contributed by atoms with Crippen LogP contribution in [-0.4, -0.2) is 17.9 Å². The Hall–Kier alpha value is -1.88. The molecule has 0 aliphatic heterocycles. The largest absolute Gasteiger partial charge is 0.352 e. The van der Waals surface area contributed by atoms with Gasteiger partial charge in [-0.2, -0.15) is 0 Å². The molecule has 0 heterocycles. The van der Waals surface area contributed by atoms with Gasteiger partial charge in [0.25, 0.3) is 0 Å². The maximum atomic E-state index is 13.2. The Labute approximate surface area is 160 Å². The molecule has 5 saturated carbocycles. The van der Waals surface area contributed by atoms with Crippen LogP contribution in [0, 0.1) is 23.2 Å². The fraction of sp³-hybridized carbons (Fsp3) is 0.636. The number of hydrogen-bond donors (Lipinski definition) is 3. The van der Waals surface area contributed by atoms with Crippen LogP contribution in [0.15, 0.2) is 30.3 Å². The average molecular weight is 367 g/mol. The van der Waals surface area contributed by atoms with Crippen LogP contribution < -0.4 is 16.2 Å². The molecule has 0 saturated heterocycles. The summed E-state index contributed by atoms with van der Waals surface area (Å²) in [4.78, 5) is 25.9. The third kappa shape index (κ3) is 3.38. The smallest absolute Gasteiger partial charge is 0.243 e. The summed E-state index contributed by atoms with van der Waals surface area (Å²) in [7, 11) is 0. The fourth-order valence-corrected chi connectivity index (χ4v) is 6.12. The minimum atomic E-state index is -0.551. The second-order valence-electron chi connectivity index (χ2n) is 9.42. The topological polar surface area (TPSA) is 70.2 Å². The molecular weight excluding hydrogens is 338 g/mol. The summed E-state index contributed by atoms with van der Waals surface area (Å²) in [6, 6.07) is 9.40. The van der Waals surface area contributed by atoms with E-state index in [0.29, 0.717) is 6.04 Å². The molecule has 6 rings (SSSR count). The van der Waals surface area contributed by atoms with Crippen molar-refractivity contribution in [2.45, 2.75) is 63.5 Å². The zero-order valence-corrected chi connectivity index (χ0v) is 15.7. The van der Waals surface area contributed by atoms with E-state index in [-0.39, 0.29) is 17.2 Å². The standard InChI is InChI=1S/C22H29N3O2/c26-20(23-18-6-7-18)19(17-4-2-1-3-5-17)24-25-21(27)22-11-14-8-15(12-22)10-16(9-14)13-22/h1-5,14-16,18-19,24H,6-13H2,(H,23,26)(H,25,27)/t14?,15?,16?,19-,22?/m0/s1. The molecule has 5 fully saturated rings. The fourth-order valence-electron chi connectivity index (χ4n) is 6.12. The predicted molar refractivity (Wildman–Crippen MR) is 102 cm³/mol. The van der Waals surface area contributed by atoms with E-state index in [4.69, 9.17) is 0 Å².